The first-order valence-corrected chi connectivity index (χ1v) is 6.12. The molecule has 2 rings (SSSR count). The van der Waals surface area contributed by atoms with Gasteiger partial charge in [0, 0.05) is 18.5 Å². The van der Waals surface area contributed by atoms with Crippen molar-refractivity contribution in [1.29, 1.82) is 0 Å². The molecule has 0 amide bonds. The number of nitrogens with zero attached hydrogens (tertiary/aromatic N) is 3. The molecule has 102 valence electrons. The van der Waals surface area contributed by atoms with Gasteiger partial charge in [-0.05, 0) is 18.6 Å². The Kier molecular flexibility index (Phi) is 4.21. The first-order valence-electron chi connectivity index (χ1n) is 6.12. The van der Waals surface area contributed by atoms with Gasteiger partial charge in [0.15, 0.2) is 0 Å². The molecule has 1 aromatic carbocycles. The lowest BCUT2D eigenvalue weighted by molar-refractivity contribution is 0.164. The van der Waals surface area contributed by atoms with Gasteiger partial charge in [-0.15, -0.1) is 5.10 Å². The summed E-state index contributed by atoms with van der Waals surface area (Å²) in [5.74, 6) is -1.32. The standard InChI is InChI=1S/C13H15F2N3O/c1-2-6-18-12(8-16-17-18)13(19)7-9-10(14)4-3-5-11(9)15/h3-5,8,13,19H,2,6-7H2,1H3. The van der Waals surface area contributed by atoms with Crippen LogP contribution in [0.15, 0.2) is 24.4 Å². The van der Waals surface area contributed by atoms with Crippen molar-refractivity contribution in [1.82, 2.24) is 15.0 Å². The number of aliphatic hydroxyl groups excluding tert-OH is 1. The van der Waals surface area contributed by atoms with Gasteiger partial charge < -0.3 is 5.11 Å². The molecule has 4 nitrogen and oxygen atoms in total. The van der Waals surface area contributed by atoms with E-state index in [4.69, 9.17) is 0 Å². The molecule has 1 aromatic heterocycles. The van der Waals surface area contributed by atoms with Crippen molar-refractivity contribution in [2.24, 2.45) is 0 Å². The summed E-state index contributed by atoms with van der Waals surface area (Å²) < 4.78 is 28.6. The van der Waals surface area contributed by atoms with Crippen molar-refractivity contribution in [3.63, 3.8) is 0 Å². The lowest BCUT2D eigenvalue weighted by Crippen LogP contribution is -2.12. The smallest absolute Gasteiger partial charge is 0.129 e. The molecule has 0 aliphatic rings. The molecule has 0 saturated carbocycles. The van der Waals surface area contributed by atoms with E-state index in [0.29, 0.717) is 12.2 Å². The minimum Gasteiger partial charge on any atom is -0.386 e. The molecule has 0 spiro atoms. The van der Waals surface area contributed by atoms with Crippen LogP contribution in [0.3, 0.4) is 0 Å². The van der Waals surface area contributed by atoms with Crippen molar-refractivity contribution in [3.05, 3.63) is 47.3 Å². The molecule has 1 atom stereocenters. The molecule has 0 radical (unpaired) electrons. The summed E-state index contributed by atoms with van der Waals surface area (Å²) in [6, 6.07) is 3.64. The van der Waals surface area contributed by atoms with E-state index in [0.717, 1.165) is 6.42 Å². The Hall–Kier alpha value is -1.82. The van der Waals surface area contributed by atoms with Gasteiger partial charge in [-0.1, -0.05) is 18.2 Å². The molecule has 1 N–H and O–H groups in total. The van der Waals surface area contributed by atoms with Crippen LogP contribution in [0.25, 0.3) is 0 Å². The van der Waals surface area contributed by atoms with Gasteiger partial charge in [-0.2, -0.15) is 0 Å². The molecule has 0 fully saturated rings. The summed E-state index contributed by atoms with van der Waals surface area (Å²) in [5, 5.41) is 17.6. The summed E-state index contributed by atoms with van der Waals surface area (Å²) >= 11 is 0. The highest BCUT2D eigenvalue weighted by atomic mass is 19.1. The Bertz CT molecular complexity index is 536. The van der Waals surface area contributed by atoms with Crippen LogP contribution in [0.5, 0.6) is 0 Å². The van der Waals surface area contributed by atoms with Crippen LogP contribution >= 0.6 is 0 Å². The quantitative estimate of drug-likeness (QED) is 0.904. The molecule has 19 heavy (non-hydrogen) atoms. The summed E-state index contributed by atoms with van der Waals surface area (Å²) in [6.07, 6.45) is 1.07. The zero-order valence-electron chi connectivity index (χ0n) is 10.6. The number of rotatable bonds is 5. The first-order chi connectivity index (χ1) is 9.13. The minimum absolute atomic E-state index is 0.126. The van der Waals surface area contributed by atoms with Gasteiger partial charge in [-0.3, -0.25) is 0 Å². The summed E-state index contributed by atoms with van der Waals surface area (Å²) in [7, 11) is 0. The van der Waals surface area contributed by atoms with E-state index >= 15 is 0 Å². The highest BCUT2D eigenvalue weighted by Gasteiger charge is 2.18. The van der Waals surface area contributed by atoms with E-state index in [1.165, 1.54) is 24.4 Å². The maximum absolute atomic E-state index is 13.5. The first kappa shape index (κ1) is 13.6. The third-order valence-electron chi connectivity index (χ3n) is 2.88. The van der Waals surface area contributed by atoms with Gasteiger partial charge in [0.05, 0.1) is 11.9 Å². The average molecular weight is 267 g/mol. The molecule has 1 unspecified atom stereocenters. The second-order valence-corrected chi connectivity index (χ2v) is 4.30. The molecular weight excluding hydrogens is 252 g/mol. The largest absolute Gasteiger partial charge is 0.386 e. The summed E-state index contributed by atoms with van der Waals surface area (Å²) in [5.41, 5.74) is 0.337. The number of aryl methyl sites for hydroxylation is 1. The van der Waals surface area contributed by atoms with Crippen LogP contribution in [-0.2, 0) is 13.0 Å². The van der Waals surface area contributed by atoms with Gasteiger partial charge in [0.2, 0.25) is 0 Å². The van der Waals surface area contributed by atoms with Gasteiger partial charge >= 0.3 is 0 Å². The van der Waals surface area contributed by atoms with E-state index in [9.17, 15) is 13.9 Å². The number of hydrogen-bond acceptors (Lipinski definition) is 3. The third-order valence-corrected chi connectivity index (χ3v) is 2.88. The van der Waals surface area contributed by atoms with Crippen LogP contribution in [0.4, 0.5) is 8.78 Å². The monoisotopic (exact) mass is 267 g/mol. The van der Waals surface area contributed by atoms with Gasteiger partial charge in [-0.25, -0.2) is 13.5 Å². The maximum atomic E-state index is 13.5. The van der Waals surface area contributed by atoms with E-state index in [1.54, 1.807) is 4.68 Å². The van der Waals surface area contributed by atoms with Crippen LogP contribution in [0, 0.1) is 11.6 Å². The highest BCUT2D eigenvalue weighted by Crippen LogP contribution is 2.21. The third kappa shape index (κ3) is 2.96. The molecule has 2 aromatic rings. The van der Waals surface area contributed by atoms with E-state index in [1.807, 2.05) is 6.92 Å². The normalized spacial score (nSPS) is 12.6. The van der Waals surface area contributed by atoms with E-state index < -0.39 is 17.7 Å². The zero-order valence-corrected chi connectivity index (χ0v) is 10.6. The lowest BCUT2D eigenvalue weighted by atomic mass is 10.0. The van der Waals surface area contributed by atoms with Gasteiger partial charge in [0.25, 0.3) is 0 Å². The second-order valence-electron chi connectivity index (χ2n) is 4.30. The number of aliphatic hydroxyl groups is 1. The number of halogens is 2. The maximum Gasteiger partial charge on any atom is 0.129 e. The Morgan fingerprint density at radius 1 is 1.32 bits per heavy atom. The summed E-state index contributed by atoms with van der Waals surface area (Å²) in [6.45, 7) is 2.57. The molecular formula is C13H15F2N3O. The fourth-order valence-electron chi connectivity index (χ4n) is 1.93. The second kappa shape index (κ2) is 5.88. The Labute approximate surface area is 109 Å². The van der Waals surface area contributed by atoms with Crippen LogP contribution in [0.2, 0.25) is 0 Å². The van der Waals surface area contributed by atoms with Crippen molar-refractivity contribution in [3.8, 4) is 0 Å². The van der Waals surface area contributed by atoms with Crippen molar-refractivity contribution in [2.45, 2.75) is 32.4 Å². The van der Waals surface area contributed by atoms with Crippen LogP contribution in [0.1, 0.15) is 30.7 Å². The molecule has 0 aliphatic heterocycles. The number of benzene rings is 1. The zero-order chi connectivity index (χ0) is 13.8. The van der Waals surface area contributed by atoms with Crippen molar-refractivity contribution >= 4 is 0 Å². The fourth-order valence-corrected chi connectivity index (χ4v) is 1.93. The Morgan fingerprint density at radius 2 is 2.00 bits per heavy atom. The number of aromatic nitrogens is 3. The Morgan fingerprint density at radius 3 is 2.63 bits per heavy atom. The topological polar surface area (TPSA) is 50.9 Å². The fraction of sp³-hybridized carbons (Fsp3) is 0.385. The van der Waals surface area contributed by atoms with Crippen LogP contribution < -0.4 is 0 Å². The summed E-state index contributed by atoms with van der Waals surface area (Å²) in [4.78, 5) is 0. The molecule has 0 aliphatic carbocycles. The predicted molar refractivity (Wildman–Crippen MR) is 65.3 cm³/mol. The van der Waals surface area contributed by atoms with Crippen molar-refractivity contribution < 1.29 is 13.9 Å². The molecule has 6 heteroatoms. The Balaban J connectivity index is 2.21. The van der Waals surface area contributed by atoms with E-state index in [2.05, 4.69) is 10.3 Å². The number of hydrogen-bond donors (Lipinski definition) is 1. The van der Waals surface area contributed by atoms with E-state index in [-0.39, 0.29) is 12.0 Å². The lowest BCUT2D eigenvalue weighted by Gasteiger charge is -2.13. The SMILES string of the molecule is CCCn1nncc1C(O)Cc1c(F)cccc1F. The van der Waals surface area contributed by atoms with Gasteiger partial charge in [0.1, 0.15) is 17.7 Å². The molecule has 0 bridgehead atoms. The van der Waals surface area contributed by atoms with Crippen LogP contribution in [-0.4, -0.2) is 20.1 Å². The molecule has 0 saturated heterocycles. The highest BCUT2D eigenvalue weighted by molar-refractivity contribution is 5.21. The van der Waals surface area contributed by atoms with Crippen molar-refractivity contribution in [2.75, 3.05) is 0 Å². The average Bonchev–Trinajstić information content (AvgIpc) is 2.83. The molecule has 1 heterocycles. The predicted octanol–water partition coefficient (Wildman–Crippen LogP) is 2.24. The minimum atomic E-state index is -1.03.